The van der Waals surface area contributed by atoms with E-state index < -0.39 is 6.10 Å². The van der Waals surface area contributed by atoms with Gasteiger partial charge >= 0.3 is 0 Å². The van der Waals surface area contributed by atoms with E-state index in [2.05, 4.69) is 32.9 Å². The summed E-state index contributed by atoms with van der Waals surface area (Å²) in [5, 5.41) is 13.1. The molecule has 0 amide bonds. The van der Waals surface area contributed by atoms with Gasteiger partial charge in [-0.25, -0.2) is 4.98 Å². The molecule has 2 rings (SSSR count). The standard InChI is InChI=1S/C15H19IN2O2S/c1-11-15(21-10-18-11)5-6-20-9-14(19)8-17-13-4-2-3-12(16)7-13/h2-4,7,10,14,17,19H,5-6,8-9H2,1H3. The topological polar surface area (TPSA) is 54.4 Å². The van der Waals surface area contributed by atoms with Crippen LogP contribution in [-0.4, -0.2) is 36.0 Å². The summed E-state index contributed by atoms with van der Waals surface area (Å²) in [5.41, 5.74) is 3.94. The van der Waals surface area contributed by atoms with E-state index in [-0.39, 0.29) is 0 Å². The maximum atomic E-state index is 9.89. The zero-order valence-corrected chi connectivity index (χ0v) is 14.9. The highest BCUT2D eigenvalue weighted by Crippen LogP contribution is 2.13. The van der Waals surface area contributed by atoms with Crippen molar-refractivity contribution in [3.63, 3.8) is 0 Å². The first-order valence-corrected chi connectivity index (χ1v) is 8.75. The number of ether oxygens (including phenoxy) is 1. The van der Waals surface area contributed by atoms with Crippen LogP contribution in [0.2, 0.25) is 0 Å². The number of hydrogen-bond donors (Lipinski definition) is 2. The number of rotatable bonds is 8. The molecule has 6 heteroatoms. The van der Waals surface area contributed by atoms with Crippen LogP contribution in [0.3, 0.4) is 0 Å². The summed E-state index contributed by atoms with van der Waals surface area (Å²) < 4.78 is 6.69. The molecule has 0 saturated heterocycles. The summed E-state index contributed by atoms with van der Waals surface area (Å²) in [6, 6.07) is 8.06. The number of nitrogens with one attached hydrogen (secondary N) is 1. The lowest BCUT2D eigenvalue weighted by Gasteiger charge is -2.13. The van der Waals surface area contributed by atoms with Gasteiger partial charge in [-0.2, -0.15) is 0 Å². The van der Waals surface area contributed by atoms with Crippen molar-refractivity contribution < 1.29 is 9.84 Å². The summed E-state index contributed by atoms with van der Waals surface area (Å²) in [7, 11) is 0. The Hall–Kier alpha value is -0.700. The molecule has 2 aromatic rings. The molecule has 1 aromatic heterocycles. The predicted molar refractivity (Wildman–Crippen MR) is 95.0 cm³/mol. The molecule has 1 atom stereocenters. The van der Waals surface area contributed by atoms with Gasteiger partial charge in [0.15, 0.2) is 0 Å². The molecule has 1 aromatic carbocycles. The minimum Gasteiger partial charge on any atom is -0.389 e. The number of halogens is 1. The summed E-state index contributed by atoms with van der Waals surface area (Å²) in [6.45, 7) is 3.45. The van der Waals surface area contributed by atoms with Gasteiger partial charge in [-0.05, 0) is 47.7 Å². The molecule has 114 valence electrons. The predicted octanol–water partition coefficient (Wildman–Crippen LogP) is 3.09. The Balaban J connectivity index is 1.61. The Bertz CT molecular complexity index is 562. The second-order valence-corrected chi connectivity index (χ2v) is 6.92. The largest absolute Gasteiger partial charge is 0.389 e. The van der Waals surface area contributed by atoms with Gasteiger partial charge in [0.25, 0.3) is 0 Å². The van der Waals surface area contributed by atoms with Crippen LogP contribution in [0, 0.1) is 10.5 Å². The second kappa shape index (κ2) is 8.67. The third-order valence-corrected chi connectivity index (χ3v) is 4.66. The maximum Gasteiger partial charge on any atom is 0.0945 e. The average Bonchev–Trinajstić information content (AvgIpc) is 2.87. The minimum atomic E-state index is -0.509. The fourth-order valence-corrected chi connectivity index (χ4v) is 3.15. The van der Waals surface area contributed by atoms with Crippen LogP contribution in [-0.2, 0) is 11.2 Å². The molecule has 1 heterocycles. The zero-order valence-electron chi connectivity index (χ0n) is 11.9. The Kier molecular flexibility index (Phi) is 6.88. The van der Waals surface area contributed by atoms with Gasteiger partial charge in [-0.15, -0.1) is 11.3 Å². The van der Waals surface area contributed by atoms with E-state index in [0.717, 1.165) is 17.8 Å². The summed E-state index contributed by atoms with van der Waals surface area (Å²) in [6.07, 6.45) is 0.346. The number of aliphatic hydroxyl groups excluding tert-OH is 1. The van der Waals surface area contributed by atoms with Gasteiger partial charge in [0, 0.05) is 27.1 Å². The molecule has 0 spiro atoms. The number of benzene rings is 1. The van der Waals surface area contributed by atoms with E-state index in [4.69, 9.17) is 4.74 Å². The van der Waals surface area contributed by atoms with Gasteiger partial charge in [0.05, 0.1) is 30.5 Å². The average molecular weight is 418 g/mol. The highest BCUT2D eigenvalue weighted by atomic mass is 127. The molecule has 4 nitrogen and oxygen atoms in total. The van der Waals surface area contributed by atoms with E-state index in [1.807, 2.05) is 36.7 Å². The van der Waals surface area contributed by atoms with Crippen molar-refractivity contribution in [2.45, 2.75) is 19.4 Å². The fourth-order valence-electron chi connectivity index (χ4n) is 1.84. The number of nitrogens with zero attached hydrogens (tertiary/aromatic N) is 1. The molecule has 1 unspecified atom stereocenters. The molecule has 21 heavy (non-hydrogen) atoms. The fraction of sp³-hybridized carbons (Fsp3) is 0.400. The van der Waals surface area contributed by atoms with Crippen LogP contribution >= 0.6 is 33.9 Å². The van der Waals surface area contributed by atoms with E-state index >= 15 is 0 Å². The van der Waals surface area contributed by atoms with Gasteiger partial charge in [0.1, 0.15) is 0 Å². The van der Waals surface area contributed by atoms with Crippen LogP contribution in [0.5, 0.6) is 0 Å². The molecular formula is C15H19IN2O2S. The second-order valence-electron chi connectivity index (χ2n) is 4.73. The highest BCUT2D eigenvalue weighted by Gasteiger charge is 2.06. The molecule has 0 aliphatic heterocycles. The first-order chi connectivity index (χ1) is 10.1. The lowest BCUT2D eigenvalue weighted by molar-refractivity contribution is 0.0449. The lowest BCUT2D eigenvalue weighted by atomic mass is 10.3. The smallest absolute Gasteiger partial charge is 0.0945 e. The monoisotopic (exact) mass is 418 g/mol. The molecule has 0 fully saturated rings. The molecule has 2 N–H and O–H groups in total. The van der Waals surface area contributed by atoms with E-state index in [1.54, 1.807) is 11.3 Å². The third-order valence-electron chi connectivity index (χ3n) is 2.99. The first-order valence-electron chi connectivity index (χ1n) is 6.79. The van der Waals surface area contributed by atoms with Crippen LogP contribution in [0.1, 0.15) is 10.6 Å². The highest BCUT2D eigenvalue weighted by molar-refractivity contribution is 14.1. The molecule has 0 bridgehead atoms. The van der Waals surface area contributed by atoms with Crippen molar-refractivity contribution in [3.8, 4) is 0 Å². The maximum absolute atomic E-state index is 9.89. The van der Waals surface area contributed by atoms with Gasteiger partial charge in [0.2, 0.25) is 0 Å². The molecule has 0 aliphatic carbocycles. The summed E-state index contributed by atoms with van der Waals surface area (Å²) >= 11 is 3.92. The van der Waals surface area contributed by atoms with Crippen LogP contribution < -0.4 is 5.32 Å². The van der Waals surface area contributed by atoms with Crippen molar-refractivity contribution in [3.05, 3.63) is 43.9 Å². The minimum absolute atomic E-state index is 0.342. The van der Waals surface area contributed by atoms with Crippen molar-refractivity contribution in [2.75, 3.05) is 25.1 Å². The molecular weight excluding hydrogens is 399 g/mol. The Morgan fingerprint density at radius 3 is 3.05 bits per heavy atom. The summed E-state index contributed by atoms with van der Waals surface area (Å²) in [5.74, 6) is 0. The van der Waals surface area contributed by atoms with Crippen LogP contribution in [0.15, 0.2) is 29.8 Å². The Labute approximate surface area is 142 Å². The van der Waals surface area contributed by atoms with Gasteiger partial charge in [-0.1, -0.05) is 6.07 Å². The van der Waals surface area contributed by atoms with Crippen molar-refractivity contribution >= 4 is 39.6 Å². The quantitative estimate of drug-likeness (QED) is 0.511. The normalized spacial score (nSPS) is 12.3. The third kappa shape index (κ3) is 5.90. The number of aromatic nitrogens is 1. The number of aliphatic hydroxyl groups is 1. The Morgan fingerprint density at radius 2 is 2.33 bits per heavy atom. The first kappa shape index (κ1) is 16.7. The summed E-state index contributed by atoms with van der Waals surface area (Å²) in [4.78, 5) is 5.45. The van der Waals surface area contributed by atoms with Crippen molar-refractivity contribution in [1.29, 1.82) is 0 Å². The van der Waals surface area contributed by atoms with Crippen molar-refractivity contribution in [1.82, 2.24) is 4.98 Å². The number of thiazole rings is 1. The van der Waals surface area contributed by atoms with Crippen LogP contribution in [0.25, 0.3) is 0 Å². The number of anilines is 1. The lowest BCUT2D eigenvalue weighted by Crippen LogP contribution is -2.25. The molecule has 0 radical (unpaired) electrons. The molecule has 0 aliphatic rings. The van der Waals surface area contributed by atoms with Crippen LogP contribution in [0.4, 0.5) is 5.69 Å². The van der Waals surface area contributed by atoms with Gasteiger partial charge in [-0.3, -0.25) is 0 Å². The molecule has 0 saturated carbocycles. The Morgan fingerprint density at radius 1 is 1.48 bits per heavy atom. The van der Waals surface area contributed by atoms with Gasteiger partial charge < -0.3 is 15.2 Å². The van der Waals surface area contributed by atoms with E-state index in [1.165, 1.54) is 8.45 Å². The SMILES string of the molecule is Cc1ncsc1CCOCC(O)CNc1cccc(I)c1. The van der Waals surface area contributed by atoms with E-state index in [0.29, 0.717) is 19.8 Å². The number of hydrogen-bond acceptors (Lipinski definition) is 5. The zero-order chi connectivity index (χ0) is 15.1. The van der Waals surface area contributed by atoms with Crippen molar-refractivity contribution in [2.24, 2.45) is 0 Å². The van der Waals surface area contributed by atoms with E-state index in [9.17, 15) is 5.11 Å². The number of aryl methyl sites for hydroxylation is 1.